The van der Waals surface area contributed by atoms with E-state index in [-0.39, 0.29) is 29.8 Å². The second-order valence-corrected chi connectivity index (χ2v) is 5.49. The van der Waals surface area contributed by atoms with Gasteiger partial charge in [-0.05, 0) is 42.0 Å². The summed E-state index contributed by atoms with van der Waals surface area (Å²) in [6.07, 6.45) is 2.64. The lowest BCUT2D eigenvalue weighted by atomic mass is 9.97. The van der Waals surface area contributed by atoms with Crippen LogP contribution in [0.4, 0.5) is 4.39 Å². The number of fused-ring (bicyclic) bond motifs is 1. The summed E-state index contributed by atoms with van der Waals surface area (Å²) in [6.45, 7) is 4.09. The maximum atomic E-state index is 13.2. The summed E-state index contributed by atoms with van der Waals surface area (Å²) >= 11 is 0. The summed E-state index contributed by atoms with van der Waals surface area (Å²) in [5, 5.41) is 3.40. The van der Waals surface area contributed by atoms with Crippen LogP contribution in [0.25, 0.3) is 0 Å². The third kappa shape index (κ3) is 3.01. The fourth-order valence-electron chi connectivity index (χ4n) is 2.80. The van der Waals surface area contributed by atoms with Crippen molar-refractivity contribution in [2.24, 2.45) is 5.92 Å². The predicted molar refractivity (Wildman–Crippen MR) is 75.9 cm³/mol. The van der Waals surface area contributed by atoms with Gasteiger partial charge in [0.15, 0.2) is 0 Å². The van der Waals surface area contributed by atoms with E-state index in [0.29, 0.717) is 0 Å². The first-order chi connectivity index (χ1) is 9.56. The molecule has 0 radical (unpaired) electrons. The van der Waals surface area contributed by atoms with Gasteiger partial charge in [-0.25, -0.2) is 4.39 Å². The molecular weight excluding hydrogens is 257 g/mol. The lowest BCUT2D eigenvalue weighted by Gasteiger charge is -2.26. The summed E-state index contributed by atoms with van der Waals surface area (Å²) in [5.41, 5.74) is 2.14. The van der Waals surface area contributed by atoms with E-state index in [4.69, 9.17) is 4.74 Å². The minimum absolute atomic E-state index is 0.101. The molecule has 110 valence electrons. The Hall–Kier alpha value is -1.42. The zero-order chi connectivity index (χ0) is 14.7. The van der Waals surface area contributed by atoms with Crippen LogP contribution in [-0.2, 0) is 16.0 Å². The van der Waals surface area contributed by atoms with E-state index in [1.165, 1.54) is 13.2 Å². The summed E-state index contributed by atoms with van der Waals surface area (Å²) < 4.78 is 18.1. The molecule has 20 heavy (non-hydrogen) atoms. The van der Waals surface area contributed by atoms with E-state index < -0.39 is 0 Å². The largest absolute Gasteiger partial charge is 0.468 e. The Morgan fingerprint density at radius 1 is 1.55 bits per heavy atom. The van der Waals surface area contributed by atoms with Gasteiger partial charge in [0, 0.05) is 6.04 Å². The van der Waals surface area contributed by atoms with Crippen LogP contribution >= 0.6 is 0 Å². The summed E-state index contributed by atoms with van der Waals surface area (Å²) in [7, 11) is 1.41. The van der Waals surface area contributed by atoms with Crippen molar-refractivity contribution in [3.8, 4) is 0 Å². The van der Waals surface area contributed by atoms with Gasteiger partial charge in [0.1, 0.15) is 11.9 Å². The number of carbonyl (C=O) groups is 1. The van der Waals surface area contributed by atoms with Crippen molar-refractivity contribution in [2.75, 3.05) is 7.11 Å². The molecule has 0 amide bonds. The highest BCUT2D eigenvalue weighted by Crippen LogP contribution is 2.32. The first-order valence-electron chi connectivity index (χ1n) is 7.19. The maximum absolute atomic E-state index is 13.2. The van der Waals surface area contributed by atoms with Gasteiger partial charge in [-0.1, -0.05) is 26.3 Å². The third-order valence-electron chi connectivity index (χ3n) is 4.23. The standard InChI is InChI=1S/C16H22FNO2/c1-4-10(2)15(16(19)20-3)18-14-8-5-11-9-12(17)6-7-13(11)14/h6-7,9-10,14-15,18H,4-5,8H2,1-3H3. The zero-order valence-corrected chi connectivity index (χ0v) is 12.3. The molecule has 0 saturated heterocycles. The van der Waals surface area contributed by atoms with Crippen LogP contribution in [0.5, 0.6) is 0 Å². The van der Waals surface area contributed by atoms with Gasteiger partial charge in [-0.3, -0.25) is 10.1 Å². The van der Waals surface area contributed by atoms with Crippen LogP contribution < -0.4 is 5.32 Å². The SMILES string of the molecule is CCC(C)C(NC1CCc2cc(F)ccc21)C(=O)OC. The number of esters is 1. The van der Waals surface area contributed by atoms with Gasteiger partial charge in [0.05, 0.1) is 7.11 Å². The first kappa shape index (κ1) is 15.0. The lowest BCUT2D eigenvalue weighted by Crippen LogP contribution is -2.43. The average molecular weight is 279 g/mol. The molecule has 0 aromatic heterocycles. The number of rotatable bonds is 5. The number of hydrogen-bond donors (Lipinski definition) is 1. The highest BCUT2D eigenvalue weighted by molar-refractivity contribution is 5.76. The minimum Gasteiger partial charge on any atom is -0.468 e. The Kier molecular flexibility index (Phi) is 4.76. The van der Waals surface area contributed by atoms with Crippen molar-refractivity contribution in [1.82, 2.24) is 5.32 Å². The van der Waals surface area contributed by atoms with Crippen LogP contribution in [-0.4, -0.2) is 19.1 Å². The predicted octanol–water partition coefficient (Wildman–Crippen LogP) is 2.99. The van der Waals surface area contributed by atoms with Gasteiger partial charge in [-0.15, -0.1) is 0 Å². The van der Waals surface area contributed by atoms with Gasteiger partial charge in [0.2, 0.25) is 0 Å². The van der Waals surface area contributed by atoms with E-state index in [1.807, 2.05) is 13.0 Å². The Morgan fingerprint density at radius 3 is 2.95 bits per heavy atom. The van der Waals surface area contributed by atoms with Crippen molar-refractivity contribution in [1.29, 1.82) is 0 Å². The van der Waals surface area contributed by atoms with Crippen LogP contribution in [0.15, 0.2) is 18.2 Å². The summed E-state index contributed by atoms with van der Waals surface area (Å²) in [6, 6.07) is 4.68. The van der Waals surface area contributed by atoms with Gasteiger partial charge in [0.25, 0.3) is 0 Å². The zero-order valence-electron chi connectivity index (χ0n) is 12.3. The normalized spacial score (nSPS) is 20.3. The molecule has 1 aliphatic carbocycles. The molecule has 1 N–H and O–H groups in total. The highest BCUT2D eigenvalue weighted by Gasteiger charge is 2.31. The topological polar surface area (TPSA) is 38.3 Å². The van der Waals surface area contributed by atoms with E-state index in [1.54, 1.807) is 6.07 Å². The number of nitrogens with one attached hydrogen (secondary N) is 1. The number of hydrogen-bond acceptors (Lipinski definition) is 3. The molecule has 0 aliphatic heterocycles. The lowest BCUT2D eigenvalue weighted by molar-refractivity contribution is -0.144. The molecule has 2 rings (SSSR count). The number of methoxy groups -OCH3 is 1. The number of ether oxygens (including phenoxy) is 1. The molecule has 0 fully saturated rings. The Bertz CT molecular complexity index is 489. The van der Waals surface area contributed by atoms with Crippen molar-refractivity contribution in [3.63, 3.8) is 0 Å². The van der Waals surface area contributed by atoms with E-state index in [0.717, 1.165) is 30.4 Å². The van der Waals surface area contributed by atoms with Crippen LogP contribution in [0.3, 0.4) is 0 Å². The van der Waals surface area contributed by atoms with Gasteiger partial charge in [-0.2, -0.15) is 0 Å². The maximum Gasteiger partial charge on any atom is 0.323 e. The molecule has 3 atom stereocenters. The molecule has 3 unspecified atom stereocenters. The molecule has 1 aliphatic rings. The summed E-state index contributed by atoms with van der Waals surface area (Å²) in [4.78, 5) is 11.9. The van der Waals surface area contributed by atoms with Gasteiger partial charge < -0.3 is 4.74 Å². The van der Waals surface area contributed by atoms with Crippen LogP contribution in [0.2, 0.25) is 0 Å². The van der Waals surface area contributed by atoms with Crippen molar-refractivity contribution in [2.45, 2.75) is 45.2 Å². The Morgan fingerprint density at radius 2 is 2.30 bits per heavy atom. The molecule has 1 aromatic rings. The second kappa shape index (κ2) is 6.35. The molecule has 0 spiro atoms. The van der Waals surface area contributed by atoms with Crippen LogP contribution in [0, 0.1) is 11.7 Å². The number of carbonyl (C=O) groups excluding carboxylic acids is 1. The molecule has 0 bridgehead atoms. The molecule has 0 saturated carbocycles. The molecule has 0 heterocycles. The fourth-order valence-corrected chi connectivity index (χ4v) is 2.80. The molecule has 4 heteroatoms. The molecule has 3 nitrogen and oxygen atoms in total. The second-order valence-electron chi connectivity index (χ2n) is 5.49. The van der Waals surface area contributed by atoms with Crippen LogP contribution in [0.1, 0.15) is 43.9 Å². The minimum atomic E-state index is -0.314. The molecule has 1 aromatic carbocycles. The summed E-state index contributed by atoms with van der Waals surface area (Å²) in [5.74, 6) is -0.224. The molecular formula is C16H22FNO2. The van der Waals surface area contributed by atoms with Crippen molar-refractivity contribution < 1.29 is 13.9 Å². The highest BCUT2D eigenvalue weighted by atomic mass is 19.1. The van der Waals surface area contributed by atoms with Crippen molar-refractivity contribution in [3.05, 3.63) is 35.1 Å². The number of halogens is 1. The first-order valence-corrected chi connectivity index (χ1v) is 7.19. The third-order valence-corrected chi connectivity index (χ3v) is 4.23. The Balaban J connectivity index is 2.15. The fraction of sp³-hybridized carbons (Fsp3) is 0.562. The monoisotopic (exact) mass is 279 g/mol. The Labute approximate surface area is 119 Å². The number of benzene rings is 1. The number of aryl methyl sites for hydroxylation is 1. The smallest absolute Gasteiger partial charge is 0.323 e. The van der Waals surface area contributed by atoms with Gasteiger partial charge >= 0.3 is 5.97 Å². The average Bonchev–Trinajstić information content (AvgIpc) is 2.85. The van der Waals surface area contributed by atoms with E-state index in [2.05, 4.69) is 12.2 Å². The van der Waals surface area contributed by atoms with E-state index >= 15 is 0 Å². The van der Waals surface area contributed by atoms with Crippen molar-refractivity contribution >= 4 is 5.97 Å². The van der Waals surface area contributed by atoms with E-state index in [9.17, 15) is 9.18 Å². The quantitative estimate of drug-likeness (QED) is 0.842.